The third-order valence-electron chi connectivity index (χ3n) is 6.33. The maximum absolute atomic E-state index is 15.4. The van der Waals surface area contributed by atoms with Gasteiger partial charge >= 0.3 is 5.97 Å². The van der Waals surface area contributed by atoms with Crippen molar-refractivity contribution in [1.29, 1.82) is 0 Å². The summed E-state index contributed by atoms with van der Waals surface area (Å²) in [7, 11) is 0. The third kappa shape index (κ3) is 3.28. The van der Waals surface area contributed by atoms with Crippen LogP contribution in [0.1, 0.15) is 41.1 Å². The smallest absolute Gasteiger partial charge is 0.341 e. The van der Waals surface area contributed by atoms with Gasteiger partial charge in [-0.3, -0.25) is 4.79 Å². The van der Waals surface area contributed by atoms with E-state index >= 15 is 4.39 Å². The molecule has 2 aromatic heterocycles. The Morgan fingerprint density at radius 2 is 2.16 bits per heavy atom. The molecule has 5 rings (SSSR count). The number of anilines is 1. The van der Waals surface area contributed by atoms with Gasteiger partial charge in [0.2, 0.25) is 5.43 Å². The second-order valence-corrected chi connectivity index (χ2v) is 8.63. The first-order valence-corrected chi connectivity index (χ1v) is 10.6. The third-order valence-corrected chi connectivity index (χ3v) is 6.33. The molecule has 0 spiro atoms. The van der Waals surface area contributed by atoms with Gasteiger partial charge in [-0.15, -0.1) is 0 Å². The Hall–Kier alpha value is -3.49. The summed E-state index contributed by atoms with van der Waals surface area (Å²) in [5.41, 5.74) is 1.59. The molecule has 2 aliphatic rings. The van der Waals surface area contributed by atoms with Gasteiger partial charge in [0, 0.05) is 30.7 Å². The fourth-order valence-corrected chi connectivity index (χ4v) is 4.78. The summed E-state index contributed by atoms with van der Waals surface area (Å²) >= 11 is 0. The normalized spacial score (nSPS) is 19.9. The molecule has 1 N–H and O–H groups in total. The zero-order valence-corrected chi connectivity index (χ0v) is 17.8. The molecular formula is C23H23FN4O4. The Bertz CT molecular complexity index is 1310. The second-order valence-electron chi connectivity index (χ2n) is 8.63. The minimum atomic E-state index is -1.33. The molecule has 3 aromatic rings. The molecule has 4 heterocycles. The summed E-state index contributed by atoms with van der Waals surface area (Å²) < 4.78 is 23.0. The van der Waals surface area contributed by atoms with E-state index in [9.17, 15) is 14.7 Å². The molecule has 32 heavy (non-hydrogen) atoms. The van der Waals surface area contributed by atoms with Crippen molar-refractivity contribution in [2.24, 2.45) is 5.92 Å². The maximum Gasteiger partial charge on any atom is 0.341 e. The number of aryl methyl sites for hydroxylation is 1. The first kappa shape index (κ1) is 20.4. The minimum absolute atomic E-state index is 0.0277. The van der Waals surface area contributed by atoms with Crippen LogP contribution >= 0.6 is 0 Å². The molecule has 2 atom stereocenters. The highest BCUT2D eigenvalue weighted by Gasteiger charge is 2.33. The van der Waals surface area contributed by atoms with Gasteiger partial charge in [0.05, 0.1) is 16.9 Å². The van der Waals surface area contributed by atoms with Crippen LogP contribution in [0, 0.1) is 18.7 Å². The molecule has 1 saturated heterocycles. The Morgan fingerprint density at radius 3 is 2.91 bits per heavy atom. The maximum atomic E-state index is 15.4. The molecule has 0 amide bonds. The van der Waals surface area contributed by atoms with Crippen molar-refractivity contribution in [3.8, 4) is 5.75 Å². The van der Waals surface area contributed by atoms with Gasteiger partial charge in [0.1, 0.15) is 24.2 Å². The number of aromatic carboxylic acids is 1. The zero-order valence-electron chi connectivity index (χ0n) is 17.8. The number of rotatable bonds is 4. The Morgan fingerprint density at radius 1 is 1.34 bits per heavy atom. The average Bonchev–Trinajstić information content (AvgIpc) is 3.19. The lowest BCUT2D eigenvalue weighted by atomic mass is 10.0. The first-order chi connectivity index (χ1) is 15.3. The van der Waals surface area contributed by atoms with Gasteiger partial charge < -0.3 is 19.3 Å². The van der Waals surface area contributed by atoms with Crippen LogP contribution in [-0.4, -0.2) is 45.3 Å². The lowest BCUT2D eigenvalue weighted by Crippen LogP contribution is -2.29. The van der Waals surface area contributed by atoms with Crippen LogP contribution in [0.5, 0.6) is 5.75 Å². The standard InChI is InChI=1S/C23H23FN4O4/c1-12-5-15(26-11-25-12)6-14-3-4-27(8-14)20-18(24)7-16-19-22(20)32-10-13(2)28(19)9-17(21(16)29)23(30)31/h5,7,9,11,13-14H,3-4,6,8,10H2,1-2H3,(H,30,31)/t13-,14-/m0/s1. The highest BCUT2D eigenvalue weighted by molar-refractivity contribution is 5.97. The Labute approximate surface area is 183 Å². The van der Waals surface area contributed by atoms with E-state index in [1.807, 2.05) is 24.8 Å². The number of benzene rings is 1. The van der Waals surface area contributed by atoms with Crippen LogP contribution in [-0.2, 0) is 6.42 Å². The second kappa shape index (κ2) is 7.58. The van der Waals surface area contributed by atoms with E-state index in [-0.39, 0.29) is 23.6 Å². The van der Waals surface area contributed by atoms with Gasteiger partial charge in [-0.25, -0.2) is 19.2 Å². The highest BCUT2D eigenvalue weighted by atomic mass is 19.1. The van der Waals surface area contributed by atoms with E-state index in [0.717, 1.165) is 30.3 Å². The number of carbonyl (C=O) groups is 1. The van der Waals surface area contributed by atoms with E-state index < -0.39 is 17.2 Å². The molecule has 0 saturated carbocycles. The van der Waals surface area contributed by atoms with Crippen molar-refractivity contribution < 1.29 is 19.0 Å². The summed E-state index contributed by atoms with van der Waals surface area (Å²) in [5, 5.41) is 9.45. The number of ether oxygens (including phenoxy) is 1. The van der Waals surface area contributed by atoms with Crippen LogP contribution in [0.4, 0.5) is 10.1 Å². The van der Waals surface area contributed by atoms with Gasteiger partial charge in [0.15, 0.2) is 11.6 Å². The predicted molar refractivity (Wildman–Crippen MR) is 116 cm³/mol. The number of halogens is 1. The summed E-state index contributed by atoms with van der Waals surface area (Å²) in [6.45, 7) is 5.35. The van der Waals surface area contributed by atoms with E-state index in [0.29, 0.717) is 36.0 Å². The SMILES string of the molecule is Cc1cc(C[C@@H]2CCN(c3c(F)cc4c(=O)c(C(=O)O)cn5c4c3OC[C@@H]5C)C2)ncn1. The molecule has 0 bridgehead atoms. The fourth-order valence-electron chi connectivity index (χ4n) is 4.78. The molecule has 0 unspecified atom stereocenters. The minimum Gasteiger partial charge on any atom is -0.487 e. The number of carboxylic acids is 1. The van der Waals surface area contributed by atoms with Crippen LogP contribution in [0.25, 0.3) is 10.9 Å². The molecule has 8 nitrogen and oxygen atoms in total. The van der Waals surface area contributed by atoms with E-state index in [1.54, 1.807) is 10.9 Å². The van der Waals surface area contributed by atoms with Crippen LogP contribution in [0.2, 0.25) is 0 Å². The molecule has 1 aromatic carbocycles. The predicted octanol–water partition coefficient (Wildman–Crippen LogP) is 2.96. The molecular weight excluding hydrogens is 415 g/mol. The molecule has 9 heteroatoms. The first-order valence-electron chi connectivity index (χ1n) is 10.6. The number of pyridine rings is 1. The van der Waals surface area contributed by atoms with Crippen molar-refractivity contribution in [3.05, 3.63) is 57.6 Å². The monoisotopic (exact) mass is 438 g/mol. The van der Waals surface area contributed by atoms with E-state index in [2.05, 4.69) is 9.97 Å². The average molecular weight is 438 g/mol. The van der Waals surface area contributed by atoms with Crippen LogP contribution in [0.15, 0.2) is 29.5 Å². The van der Waals surface area contributed by atoms with Crippen molar-refractivity contribution in [2.45, 2.75) is 32.7 Å². The quantitative estimate of drug-likeness (QED) is 0.669. The zero-order chi connectivity index (χ0) is 22.6. The summed E-state index contributed by atoms with van der Waals surface area (Å²) in [4.78, 5) is 34.7. The number of nitrogens with zero attached hydrogens (tertiary/aromatic N) is 4. The van der Waals surface area contributed by atoms with Crippen LogP contribution in [0.3, 0.4) is 0 Å². The molecule has 0 aliphatic carbocycles. The van der Waals surface area contributed by atoms with Crippen LogP contribution < -0.4 is 15.1 Å². The summed E-state index contributed by atoms with van der Waals surface area (Å²) in [6, 6.07) is 2.93. The Balaban J connectivity index is 1.56. The van der Waals surface area contributed by atoms with Gasteiger partial charge in [0.25, 0.3) is 0 Å². The molecule has 2 aliphatic heterocycles. The molecule has 0 radical (unpaired) electrons. The molecule has 1 fully saturated rings. The van der Waals surface area contributed by atoms with Gasteiger partial charge in [-0.2, -0.15) is 0 Å². The topological polar surface area (TPSA) is 97.5 Å². The molecule has 166 valence electrons. The number of carboxylic acid groups (broad SMARTS) is 1. The number of aromatic nitrogens is 3. The van der Waals surface area contributed by atoms with E-state index in [4.69, 9.17) is 4.74 Å². The lowest BCUT2D eigenvalue weighted by molar-refractivity contribution is 0.0694. The lowest BCUT2D eigenvalue weighted by Gasteiger charge is -2.31. The summed E-state index contributed by atoms with van der Waals surface area (Å²) in [5.74, 6) is -1.30. The van der Waals surface area contributed by atoms with Gasteiger partial charge in [-0.1, -0.05) is 0 Å². The van der Waals surface area contributed by atoms with Crippen molar-refractivity contribution >= 4 is 22.6 Å². The highest BCUT2D eigenvalue weighted by Crippen LogP contribution is 2.43. The van der Waals surface area contributed by atoms with Crippen molar-refractivity contribution in [1.82, 2.24) is 14.5 Å². The van der Waals surface area contributed by atoms with E-state index in [1.165, 1.54) is 6.20 Å². The van der Waals surface area contributed by atoms with Crippen molar-refractivity contribution in [3.63, 3.8) is 0 Å². The summed E-state index contributed by atoms with van der Waals surface area (Å²) in [6.07, 6.45) is 4.55. The van der Waals surface area contributed by atoms with Crippen molar-refractivity contribution in [2.75, 3.05) is 24.6 Å². The Kier molecular flexibility index (Phi) is 4.83. The van der Waals surface area contributed by atoms with Gasteiger partial charge in [-0.05, 0) is 44.7 Å². The number of hydrogen-bond donors (Lipinski definition) is 1. The fraction of sp³-hybridized carbons (Fsp3) is 0.391. The largest absolute Gasteiger partial charge is 0.487 e. The number of hydrogen-bond acceptors (Lipinski definition) is 6.